The lowest BCUT2D eigenvalue weighted by atomic mass is 10.2. The highest BCUT2D eigenvalue weighted by Crippen LogP contribution is 2.10. The summed E-state index contributed by atoms with van der Waals surface area (Å²) >= 11 is 0. The van der Waals surface area contributed by atoms with Gasteiger partial charge in [-0.3, -0.25) is 14.2 Å². The third kappa shape index (κ3) is 2.57. The number of nitrogens with zero attached hydrogens (tertiary/aromatic N) is 2. The van der Waals surface area contributed by atoms with Gasteiger partial charge in [0.05, 0.1) is 0 Å². The quantitative estimate of drug-likeness (QED) is 0.593. The van der Waals surface area contributed by atoms with E-state index in [1.807, 2.05) is 0 Å². The van der Waals surface area contributed by atoms with Crippen LogP contribution >= 0.6 is 0 Å². The molecule has 1 aromatic rings. The van der Waals surface area contributed by atoms with Crippen LogP contribution in [0, 0.1) is 0 Å². The van der Waals surface area contributed by atoms with Gasteiger partial charge in [-0.1, -0.05) is 12.7 Å². The number of nitrogens with two attached hydrogens (primary N) is 2. The zero-order valence-electron chi connectivity index (χ0n) is 9.72. The lowest BCUT2D eigenvalue weighted by molar-refractivity contribution is 0.0991. The molecule has 1 rings (SSSR count). The van der Waals surface area contributed by atoms with Crippen LogP contribution in [0.5, 0.6) is 5.75 Å². The number of aromatic nitrogens is 2. The molecular weight excluding hydrogens is 236 g/mol. The van der Waals surface area contributed by atoms with Crippen molar-refractivity contribution in [3.8, 4) is 5.75 Å². The van der Waals surface area contributed by atoms with Crippen LogP contribution in [0.1, 0.15) is 16.3 Å². The van der Waals surface area contributed by atoms with E-state index in [0.29, 0.717) is 0 Å². The van der Waals surface area contributed by atoms with Crippen molar-refractivity contribution in [2.24, 2.45) is 11.5 Å². The Morgan fingerprint density at radius 3 is 2.56 bits per heavy atom. The standard InChI is InChI=1S/C11H14N4O3/c1-3-4-15-7(5-6(2)12)14-8(10(13)17)9(16)11(15)18/h3,16H,1-2,4-5,12H2,(H2,13,17). The Morgan fingerprint density at radius 2 is 2.11 bits per heavy atom. The molecule has 1 heterocycles. The Balaban J connectivity index is 3.54. The summed E-state index contributed by atoms with van der Waals surface area (Å²) in [5.74, 6) is -1.58. The molecule has 0 aliphatic carbocycles. The van der Waals surface area contributed by atoms with Crippen LogP contribution in [-0.2, 0) is 13.0 Å². The van der Waals surface area contributed by atoms with E-state index in [0.717, 1.165) is 4.57 Å². The number of amides is 1. The minimum Gasteiger partial charge on any atom is -0.501 e. The largest absolute Gasteiger partial charge is 0.501 e. The second kappa shape index (κ2) is 5.17. The molecule has 96 valence electrons. The van der Waals surface area contributed by atoms with E-state index in [1.165, 1.54) is 6.08 Å². The zero-order chi connectivity index (χ0) is 13.9. The van der Waals surface area contributed by atoms with Crippen LogP contribution in [0.4, 0.5) is 0 Å². The molecule has 5 N–H and O–H groups in total. The van der Waals surface area contributed by atoms with Crippen molar-refractivity contribution < 1.29 is 9.90 Å². The molecule has 7 heteroatoms. The predicted octanol–water partition coefficient (Wildman–Crippen LogP) is -0.751. The molecule has 0 saturated carbocycles. The molecule has 0 aliphatic heterocycles. The number of carbonyl (C=O) groups is 1. The first-order valence-electron chi connectivity index (χ1n) is 5.05. The summed E-state index contributed by atoms with van der Waals surface area (Å²) in [4.78, 5) is 26.7. The van der Waals surface area contributed by atoms with E-state index in [-0.39, 0.29) is 24.5 Å². The van der Waals surface area contributed by atoms with Gasteiger partial charge in [-0.05, 0) is 0 Å². The number of allylic oxidation sites excluding steroid dienone is 2. The fraction of sp³-hybridized carbons (Fsp3) is 0.182. The topological polar surface area (TPSA) is 124 Å². The Morgan fingerprint density at radius 1 is 1.50 bits per heavy atom. The molecule has 0 spiro atoms. The molecular formula is C11H14N4O3. The molecule has 0 radical (unpaired) electrons. The van der Waals surface area contributed by atoms with Gasteiger partial charge in [-0.2, -0.15) is 0 Å². The second-order valence-corrected chi connectivity index (χ2v) is 3.63. The first-order chi connectivity index (χ1) is 8.38. The van der Waals surface area contributed by atoms with E-state index in [9.17, 15) is 14.7 Å². The molecule has 7 nitrogen and oxygen atoms in total. The predicted molar refractivity (Wildman–Crippen MR) is 65.9 cm³/mol. The maximum absolute atomic E-state index is 11.8. The van der Waals surface area contributed by atoms with Gasteiger partial charge in [0.15, 0.2) is 5.69 Å². The van der Waals surface area contributed by atoms with Crippen LogP contribution < -0.4 is 17.0 Å². The van der Waals surface area contributed by atoms with E-state index in [4.69, 9.17) is 11.5 Å². The smallest absolute Gasteiger partial charge is 0.296 e. The number of rotatable bonds is 5. The number of primary amides is 1. The normalized spacial score (nSPS) is 10.0. The second-order valence-electron chi connectivity index (χ2n) is 3.63. The molecule has 1 amide bonds. The highest BCUT2D eigenvalue weighted by atomic mass is 16.3. The van der Waals surface area contributed by atoms with Gasteiger partial charge >= 0.3 is 0 Å². The SMILES string of the molecule is C=CCn1c(CC(=C)N)nc(C(N)=O)c(O)c1=O. The summed E-state index contributed by atoms with van der Waals surface area (Å²) in [6.07, 6.45) is 1.54. The molecule has 0 bridgehead atoms. The van der Waals surface area contributed by atoms with Crippen LogP contribution in [0.25, 0.3) is 0 Å². The van der Waals surface area contributed by atoms with Crippen molar-refractivity contribution in [2.45, 2.75) is 13.0 Å². The first kappa shape index (κ1) is 13.5. The van der Waals surface area contributed by atoms with Crippen molar-refractivity contribution in [1.29, 1.82) is 0 Å². The molecule has 0 saturated heterocycles. The summed E-state index contributed by atoms with van der Waals surface area (Å²) in [7, 11) is 0. The molecule has 18 heavy (non-hydrogen) atoms. The highest BCUT2D eigenvalue weighted by molar-refractivity contribution is 5.93. The number of hydrogen-bond donors (Lipinski definition) is 3. The Bertz CT molecular complexity index is 574. The lowest BCUT2D eigenvalue weighted by Gasteiger charge is -2.12. The van der Waals surface area contributed by atoms with Crippen molar-refractivity contribution in [2.75, 3.05) is 0 Å². The summed E-state index contributed by atoms with van der Waals surface area (Å²) in [5, 5.41) is 9.55. The van der Waals surface area contributed by atoms with Crippen LogP contribution in [-0.4, -0.2) is 20.6 Å². The minimum absolute atomic E-state index is 0.0869. The molecule has 1 aromatic heterocycles. The summed E-state index contributed by atoms with van der Waals surface area (Å²) in [5.41, 5.74) is 9.49. The molecule has 0 fully saturated rings. The number of carbonyl (C=O) groups excluding carboxylic acids is 1. The summed E-state index contributed by atoms with van der Waals surface area (Å²) in [6.45, 7) is 7.11. The summed E-state index contributed by atoms with van der Waals surface area (Å²) in [6, 6.07) is 0. The van der Waals surface area contributed by atoms with Gasteiger partial charge < -0.3 is 16.6 Å². The van der Waals surface area contributed by atoms with Gasteiger partial charge in [-0.25, -0.2) is 4.98 Å². The van der Waals surface area contributed by atoms with Crippen molar-refractivity contribution >= 4 is 5.91 Å². The van der Waals surface area contributed by atoms with Gasteiger partial charge in [0.25, 0.3) is 11.5 Å². The third-order valence-electron chi connectivity index (χ3n) is 2.15. The fourth-order valence-corrected chi connectivity index (χ4v) is 1.42. The van der Waals surface area contributed by atoms with E-state index >= 15 is 0 Å². The lowest BCUT2D eigenvalue weighted by Crippen LogP contribution is -2.29. The monoisotopic (exact) mass is 250 g/mol. The van der Waals surface area contributed by atoms with Gasteiger partial charge in [0, 0.05) is 18.7 Å². The molecule has 0 aliphatic rings. The fourth-order valence-electron chi connectivity index (χ4n) is 1.42. The van der Waals surface area contributed by atoms with E-state index < -0.39 is 22.9 Å². The average Bonchev–Trinajstić information content (AvgIpc) is 2.27. The number of aromatic hydroxyl groups is 1. The average molecular weight is 250 g/mol. The maximum atomic E-state index is 11.8. The van der Waals surface area contributed by atoms with Crippen LogP contribution in [0.2, 0.25) is 0 Å². The maximum Gasteiger partial charge on any atom is 0.296 e. The van der Waals surface area contributed by atoms with E-state index in [2.05, 4.69) is 18.1 Å². The number of hydrogen-bond acceptors (Lipinski definition) is 5. The zero-order valence-corrected chi connectivity index (χ0v) is 9.72. The highest BCUT2D eigenvalue weighted by Gasteiger charge is 2.18. The van der Waals surface area contributed by atoms with Crippen molar-refractivity contribution in [1.82, 2.24) is 9.55 Å². The van der Waals surface area contributed by atoms with E-state index in [1.54, 1.807) is 0 Å². The van der Waals surface area contributed by atoms with Gasteiger partial charge in [-0.15, -0.1) is 6.58 Å². The Hall–Kier alpha value is -2.57. The third-order valence-corrected chi connectivity index (χ3v) is 2.15. The first-order valence-corrected chi connectivity index (χ1v) is 5.05. The van der Waals surface area contributed by atoms with Crippen molar-refractivity contribution in [3.05, 3.63) is 46.8 Å². The van der Waals surface area contributed by atoms with Crippen LogP contribution in [0.15, 0.2) is 29.7 Å². The van der Waals surface area contributed by atoms with Gasteiger partial charge in [0.1, 0.15) is 5.82 Å². The Labute approximate surface area is 103 Å². The van der Waals surface area contributed by atoms with Gasteiger partial charge in [0.2, 0.25) is 5.75 Å². The van der Waals surface area contributed by atoms with Crippen LogP contribution in [0.3, 0.4) is 0 Å². The molecule has 0 atom stereocenters. The molecule has 0 unspecified atom stereocenters. The molecule has 0 aromatic carbocycles. The minimum atomic E-state index is -0.987. The van der Waals surface area contributed by atoms with Crippen molar-refractivity contribution in [3.63, 3.8) is 0 Å². The Kier molecular flexibility index (Phi) is 3.88. The summed E-state index contributed by atoms with van der Waals surface area (Å²) < 4.78 is 1.15.